The highest BCUT2D eigenvalue weighted by atomic mass is 16.3. The molecule has 1 aromatic heterocycles. The van der Waals surface area contributed by atoms with E-state index in [2.05, 4.69) is 9.88 Å². The van der Waals surface area contributed by atoms with Gasteiger partial charge in [-0.3, -0.25) is 0 Å². The van der Waals surface area contributed by atoms with Crippen LogP contribution in [-0.4, -0.2) is 29.3 Å². The molecule has 4 nitrogen and oxygen atoms in total. The molecule has 1 unspecified atom stereocenters. The van der Waals surface area contributed by atoms with E-state index in [1.54, 1.807) is 0 Å². The number of nitrogens with zero attached hydrogens (tertiary/aromatic N) is 2. The number of aliphatic hydroxyl groups is 1. The third-order valence-corrected chi connectivity index (χ3v) is 3.43. The molecule has 0 aromatic carbocycles. The molecule has 94 valence electrons. The minimum Gasteiger partial charge on any atom is -0.394 e. The molecule has 0 radical (unpaired) electrons. The van der Waals surface area contributed by atoms with Gasteiger partial charge in [0.1, 0.15) is 5.82 Å². The molecule has 2 heterocycles. The van der Waals surface area contributed by atoms with Gasteiger partial charge in [-0.2, -0.15) is 0 Å². The van der Waals surface area contributed by atoms with Crippen LogP contribution in [-0.2, 0) is 0 Å². The molecule has 2 atom stereocenters. The smallest absolute Gasteiger partial charge is 0.128 e. The second-order valence-electron chi connectivity index (χ2n) is 4.76. The summed E-state index contributed by atoms with van der Waals surface area (Å²) in [5.41, 5.74) is 6.85. The van der Waals surface area contributed by atoms with E-state index in [1.807, 2.05) is 25.3 Å². The van der Waals surface area contributed by atoms with Crippen molar-refractivity contribution in [3.05, 3.63) is 23.9 Å². The fraction of sp³-hybridized carbons (Fsp3) is 0.615. The summed E-state index contributed by atoms with van der Waals surface area (Å²) in [7, 11) is 0. The van der Waals surface area contributed by atoms with Crippen molar-refractivity contribution in [1.29, 1.82) is 0 Å². The molecule has 0 saturated carbocycles. The standard InChI is InChI=1S/C13H21N3O/c1-10(14)11-5-6-13(15-8-11)16-7-3-2-4-12(16)9-17/h5-6,8,10,12,17H,2-4,7,9,14H2,1H3/t10-,12?/m0/s1. The lowest BCUT2D eigenvalue weighted by Gasteiger charge is -2.35. The van der Waals surface area contributed by atoms with Crippen LogP contribution >= 0.6 is 0 Å². The molecule has 0 spiro atoms. The van der Waals surface area contributed by atoms with Crippen molar-refractivity contribution in [3.63, 3.8) is 0 Å². The van der Waals surface area contributed by atoms with E-state index in [0.717, 1.165) is 24.3 Å². The summed E-state index contributed by atoms with van der Waals surface area (Å²) in [6.45, 7) is 3.14. The Morgan fingerprint density at radius 1 is 1.53 bits per heavy atom. The third kappa shape index (κ3) is 2.76. The van der Waals surface area contributed by atoms with Gasteiger partial charge in [0.15, 0.2) is 0 Å². The summed E-state index contributed by atoms with van der Waals surface area (Å²) in [6, 6.07) is 4.27. The first kappa shape index (κ1) is 12.3. The van der Waals surface area contributed by atoms with E-state index in [1.165, 1.54) is 12.8 Å². The van der Waals surface area contributed by atoms with Crippen LogP contribution < -0.4 is 10.6 Å². The van der Waals surface area contributed by atoms with E-state index in [-0.39, 0.29) is 18.7 Å². The second-order valence-corrected chi connectivity index (χ2v) is 4.76. The van der Waals surface area contributed by atoms with Crippen LogP contribution in [0.1, 0.15) is 37.8 Å². The molecule has 2 rings (SSSR count). The Hall–Kier alpha value is -1.13. The first-order chi connectivity index (χ1) is 8.22. The average Bonchev–Trinajstić information content (AvgIpc) is 2.39. The highest BCUT2D eigenvalue weighted by Crippen LogP contribution is 2.23. The zero-order chi connectivity index (χ0) is 12.3. The molecule has 1 aliphatic heterocycles. The van der Waals surface area contributed by atoms with Gasteiger partial charge in [0, 0.05) is 18.8 Å². The lowest BCUT2D eigenvalue weighted by molar-refractivity contribution is 0.239. The number of aromatic nitrogens is 1. The summed E-state index contributed by atoms with van der Waals surface area (Å²) >= 11 is 0. The minimum atomic E-state index is 0.0199. The minimum absolute atomic E-state index is 0.0199. The number of rotatable bonds is 3. The van der Waals surface area contributed by atoms with Gasteiger partial charge in [-0.05, 0) is 37.8 Å². The predicted molar refractivity (Wildman–Crippen MR) is 68.9 cm³/mol. The van der Waals surface area contributed by atoms with Crippen LogP contribution in [0.25, 0.3) is 0 Å². The molecule has 0 bridgehead atoms. The van der Waals surface area contributed by atoms with Gasteiger partial charge in [-0.25, -0.2) is 4.98 Å². The molecule has 0 aliphatic carbocycles. The van der Waals surface area contributed by atoms with E-state index >= 15 is 0 Å². The number of aliphatic hydroxyl groups excluding tert-OH is 1. The van der Waals surface area contributed by atoms with Gasteiger partial charge in [0.25, 0.3) is 0 Å². The van der Waals surface area contributed by atoms with Gasteiger partial charge < -0.3 is 15.7 Å². The molecular formula is C13H21N3O. The summed E-state index contributed by atoms with van der Waals surface area (Å²) in [6.07, 6.45) is 5.25. The largest absolute Gasteiger partial charge is 0.394 e. The first-order valence-electron chi connectivity index (χ1n) is 6.31. The summed E-state index contributed by atoms with van der Waals surface area (Å²) in [5, 5.41) is 9.38. The van der Waals surface area contributed by atoms with Gasteiger partial charge in [-0.1, -0.05) is 6.07 Å². The Morgan fingerprint density at radius 3 is 2.94 bits per heavy atom. The lowest BCUT2D eigenvalue weighted by Crippen LogP contribution is -2.42. The predicted octanol–water partition coefficient (Wildman–Crippen LogP) is 1.45. The van der Waals surface area contributed by atoms with Crippen LogP contribution in [0.15, 0.2) is 18.3 Å². The third-order valence-electron chi connectivity index (χ3n) is 3.43. The van der Waals surface area contributed by atoms with Crippen LogP contribution in [0.4, 0.5) is 5.82 Å². The van der Waals surface area contributed by atoms with Crippen molar-refractivity contribution >= 4 is 5.82 Å². The number of hydrogen-bond donors (Lipinski definition) is 2. The number of pyridine rings is 1. The molecule has 0 amide bonds. The summed E-state index contributed by atoms with van der Waals surface area (Å²) in [5.74, 6) is 0.952. The Labute approximate surface area is 102 Å². The summed E-state index contributed by atoms with van der Waals surface area (Å²) in [4.78, 5) is 6.66. The number of hydrogen-bond acceptors (Lipinski definition) is 4. The molecular weight excluding hydrogens is 214 g/mol. The van der Waals surface area contributed by atoms with Crippen LogP contribution in [0.5, 0.6) is 0 Å². The van der Waals surface area contributed by atoms with Crippen LogP contribution in [0, 0.1) is 0 Å². The lowest BCUT2D eigenvalue weighted by atomic mass is 10.0. The van der Waals surface area contributed by atoms with E-state index in [0.29, 0.717) is 0 Å². The normalized spacial score (nSPS) is 22.5. The maximum Gasteiger partial charge on any atom is 0.128 e. The molecule has 1 aliphatic rings. The van der Waals surface area contributed by atoms with Crippen LogP contribution in [0.2, 0.25) is 0 Å². The molecule has 4 heteroatoms. The van der Waals surface area contributed by atoms with E-state index < -0.39 is 0 Å². The number of nitrogens with two attached hydrogens (primary N) is 1. The van der Waals surface area contributed by atoms with Gasteiger partial charge in [0.2, 0.25) is 0 Å². The van der Waals surface area contributed by atoms with Crippen molar-refractivity contribution in [2.45, 2.75) is 38.3 Å². The van der Waals surface area contributed by atoms with Crippen molar-refractivity contribution in [1.82, 2.24) is 4.98 Å². The zero-order valence-electron chi connectivity index (χ0n) is 10.3. The molecule has 1 aromatic rings. The quantitative estimate of drug-likeness (QED) is 0.832. The number of anilines is 1. The fourth-order valence-corrected chi connectivity index (χ4v) is 2.33. The molecule has 1 fully saturated rings. The Bertz CT molecular complexity index is 350. The van der Waals surface area contributed by atoms with Gasteiger partial charge in [0.05, 0.1) is 12.6 Å². The fourth-order valence-electron chi connectivity index (χ4n) is 2.33. The topological polar surface area (TPSA) is 62.4 Å². The molecule has 1 saturated heterocycles. The van der Waals surface area contributed by atoms with E-state index in [4.69, 9.17) is 5.73 Å². The first-order valence-corrected chi connectivity index (χ1v) is 6.31. The summed E-state index contributed by atoms with van der Waals surface area (Å²) < 4.78 is 0. The van der Waals surface area contributed by atoms with Crippen LogP contribution in [0.3, 0.4) is 0 Å². The van der Waals surface area contributed by atoms with E-state index in [9.17, 15) is 5.11 Å². The number of piperidine rings is 1. The van der Waals surface area contributed by atoms with Crippen molar-refractivity contribution in [2.75, 3.05) is 18.1 Å². The Morgan fingerprint density at radius 2 is 2.35 bits per heavy atom. The molecule has 17 heavy (non-hydrogen) atoms. The zero-order valence-corrected chi connectivity index (χ0v) is 10.3. The highest BCUT2D eigenvalue weighted by Gasteiger charge is 2.22. The van der Waals surface area contributed by atoms with Gasteiger partial charge >= 0.3 is 0 Å². The molecule has 3 N–H and O–H groups in total. The Balaban J connectivity index is 2.15. The van der Waals surface area contributed by atoms with Gasteiger partial charge in [-0.15, -0.1) is 0 Å². The maximum absolute atomic E-state index is 9.38. The SMILES string of the molecule is C[C@H](N)c1ccc(N2CCCCC2CO)nc1. The van der Waals surface area contributed by atoms with Crippen molar-refractivity contribution < 1.29 is 5.11 Å². The monoisotopic (exact) mass is 235 g/mol. The Kier molecular flexibility index (Phi) is 3.97. The second kappa shape index (κ2) is 5.47. The highest BCUT2D eigenvalue weighted by molar-refractivity contribution is 5.41. The average molecular weight is 235 g/mol. The maximum atomic E-state index is 9.38. The van der Waals surface area contributed by atoms with Crippen molar-refractivity contribution in [3.8, 4) is 0 Å². The van der Waals surface area contributed by atoms with Crippen molar-refractivity contribution in [2.24, 2.45) is 5.73 Å².